The maximum Gasteiger partial charge on any atom is 0.134 e. The van der Waals surface area contributed by atoms with Gasteiger partial charge in [0, 0.05) is 12.6 Å². The first-order chi connectivity index (χ1) is 8.67. The summed E-state index contributed by atoms with van der Waals surface area (Å²) in [5, 5.41) is 12.6. The Labute approximate surface area is 111 Å². The number of rotatable bonds is 4. The van der Waals surface area contributed by atoms with Crippen molar-refractivity contribution in [2.24, 2.45) is 0 Å². The van der Waals surface area contributed by atoms with Crippen LogP contribution < -0.4 is 5.32 Å². The van der Waals surface area contributed by atoms with Crippen LogP contribution in [-0.4, -0.2) is 15.1 Å². The van der Waals surface area contributed by atoms with Crippen LogP contribution in [0, 0.1) is 6.92 Å². The third kappa shape index (κ3) is 3.42. The minimum atomic E-state index is 0.0639. The van der Waals surface area contributed by atoms with E-state index < -0.39 is 0 Å². The lowest BCUT2D eigenvalue weighted by Gasteiger charge is -2.07. The number of aryl methyl sites for hydroxylation is 1. The van der Waals surface area contributed by atoms with Crippen molar-refractivity contribution in [3.8, 4) is 0 Å². The molecular weight excluding hydrogens is 250 g/mol. The van der Waals surface area contributed by atoms with Crippen LogP contribution in [0.15, 0.2) is 30.3 Å². The van der Waals surface area contributed by atoms with E-state index >= 15 is 0 Å². The molecule has 4 nitrogen and oxygen atoms in total. The van der Waals surface area contributed by atoms with Crippen LogP contribution >= 0.6 is 11.6 Å². The van der Waals surface area contributed by atoms with Gasteiger partial charge >= 0.3 is 0 Å². The fourth-order valence-electron chi connectivity index (χ4n) is 1.58. The van der Waals surface area contributed by atoms with Crippen LogP contribution in [0.2, 0.25) is 5.15 Å². The summed E-state index contributed by atoms with van der Waals surface area (Å²) >= 11 is 5.85. The molecule has 0 spiro atoms. The molecule has 1 aromatic carbocycles. The second-order valence-corrected chi connectivity index (χ2v) is 4.34. The molecule has 0 saturated heterocycles. The van der Waals surface area contributed by atoms with Gasteiger partial charge in [-0.3, -0.25) is 0 Å². The smallest absolute Gasteiger partial charge is 0.134 e. The van der Waals surface area contributed by atoms with Gasteiger partial charge in [-0.05, 0) is 18.1 Å². The van der Waals surface area contributed by atoms with Gasteiger partial charge in [0.1, 0.15) is 16.8 Å². The molecule has 2 N–H and O–H groups in total. The molecule has 0 saturated carbocycles. The van der Waals surface area contributed by atoms with Crippen molar-refractivity contribution >= 4 is 17.4 Å². The highest BCUT2D eigenvalue weighted by Gasteiger charge is 2.00. The van der Waals surface area contributed by atoms with Gasteiger partial charge in [0.25, 0.3) is 0 Å². The average molecular weight is 264 g/mol. The van der Waals surface area contributed by atoms with Crippen molar-refractivity contribution < 1.29 is 5.11 Å². The fraction of sp³-hybridized carbons (Fsp3) is 0.231. The van der Waals surface area contributed by atoms with Crippen LogP contribution in [0.3, 0.4) is 0 Å². The van der Waals surface area contributed by atoms with Crippen molar-refractivity contribution in [2.45, 2.75) is 20.1 Å². The summed E-state index contributed by atoms with van der Waals surface area (Å²) in [6.45, 7) is 2.51. The second kappa shape index (κ2) is 5.80. The number of aliphatic hydroxyl groups is 1. The Morgan fingerprint density at radius 1 is 1.17 bits per heavy atom. The van der Waals surface area contributed by atoms with Crippen LogP contribution in [0.5, 0.6) is 0 Å². The lowest BCUT2D eigenvalue weighted by molar-refractivity contribution is 0.282. The summed E-state index contributed by atoms with van der Waals surface area (Å²) in [5.41, 5.74) is 2.01. The molecule has 0 aliphatic carbocycles. The van der Waals surface area contributed by atoms with Gasteiger partial charge in [-0.1, -0.05) is 35.9 Å². The molecule has 0 fully saturated rings. The number of benzene rings is 1. The van der Waals surface area contributed by atoms with Crippen LogP contribution in [-0.2, 0) is 13.2 Å². The molecule has 0 unspecified atom stereocenters. The molecule has 0 atom stereocenters. The number of nitrogens with one attached hydrogen (secondary N) is 1. The Bertz CT molecular complexity index is 508. The summed E-state index contributed by atoms with van der Waals surface area (Å²) < 4.78 is 0. The number of nitrogens with zero attached hydrogens (tertiary/aromatic N) is 2. The zero-order chi connectivity index (χ0) is 13.0. The Balaban J connectivity index is 2.01. The third-order valence-electron chi connectivity index (χ3n) is 2.49. The van der Waals surface area contributed by atoms with Crippen molar-refractivity contribution in [1.29, 1.82) is 0 Å². The molecule has 1 aromatic heterocycles. The summed E-state index contributed by atoms with van der Waals surface area (Å²) in [7, 11) is 0. The predicted molar refractivity (Wildman–Crippen MR) is 71.5 cm³/mol. The molecular formula is C13H14ClN3O. The van der Waals surface area contributed by atoms with Gasteiger partial charge in [0.2, 0.25) is 0 Å². The van der Waals surface area contributed by atoms with Gasteiger partial charge < -0.3 is 10.4 Å². The van der Waals surface area contributed by atoms with E-state index in [0.717, 1.165) is 11.1 Å². The summed E-state index contributed by atoms with van der Waals surface area (Å²) in [4.78, 5) is 8.23. The van der Waals surface area contributed by atoms with Crippen molar-refractivity contribution in [3.63, 3.8) is 0 Å². The largest absolute Gasteiger partial charge is 0.392 e. The monoisotopic (exact) mass is 263 g/mol. The third-order valence-corrected chi connectivity index (χ3v) is 2.68. The first kappa shape index (κ1) is 12.8. The van der Waals surface area contributed by atoms with Gasteiger partial charge in [0.05, 0.1) is 6.61 Å². The second-order valence-electron chi connectivity index (χ2n) is 3.95. The Kier molecular flexibility index (Phi) is 4.12. The predicted octanol–water partition coefficient (Wildman–Crippen LogP) is 2.54. The zero-order valence-corrected chi connectivity index (χ0v) is 10.8. The number of hydrogen-bond acceptors (Lipinski definition) is 4. The van der Waals surface area contributed by atoms with E-state index in [2.05, 4.69) is 15.3 Å². The maximum atomic E-state index is 8.95. The van der Waals surface area contributed by atoms with E-state index in [4.69, 9.17) is 16.7 Å². The summed E-state index contributed by atoms with van der Waals surface area (Å²) in [5.74, 6) is 1.35. The molecule has 0 aliphatic rings. The van der Waals surface area contributed by atoms with E-state index in [0.29, 0.717) is 23.3 Å². The maximum absolute atomic E-state index is 8.95. The highest BCUT2D eigenvalue weighted by atomic mass is 35.5. The molecule has 18 heavy (non-hydrogen) atoms. The lowest BCUT2D eigenvalue weighted by Crippen LogP contribution is -2.03. The van der Waals surface area contributed by atoms with Gasteiger partial charge in [-0.2, -0.15) is 0 Å². The quantitative estimate of drug-likeness (QED) is 0.833. The molecule has 0 amide bonds. The first-order valence-electron chi connectivity index (χ1n) is 5.61. The van der Waals surface area contributed by atoms with E-state index in [1.807, 2.05) is 24.3 Å². The SMILES string of the molecule is Cc1nc(Cl)cc(NCc2ccc(CO)cc2)n1. The van der Waals surface area contributed by atoms with Crippen LogP contribution in [0.25, 0.3) is 0 Å². The van der Waals surface area contributed by atoms with Crippen molar-refractivity contribution in [1.82, 2.24) is 9.97 Å². The number of anilines is 1. The molecule has 0 aliphatic heterocycles. The molecule has 94 valence electrons. The number of aromatic nitrogens is 2. The molecule has 2 rings (SSSR count). The van der Waals surface area contributed by atoms with Crippen molar-refractivity contribution in [3.05, 3.63) is 52.4 Å². The summed E-state index contributed by atoms with van der Waals surface area (Å²) in [6.07, 6.45) is 0. The van der Waals surface area contributed by atoms with E-state index in [9.17, 15) is 0 Å². The Morgan fingerprint density at radius 2 is 1.83 bits per heavy atom. The Morgan fingerprint density at radius 3 is 2.44 bits per heavy atom. The molecule has 0 radical (unpaired) electrons. The van der Waals surface area contributed by atoms with Crippen molar-refractivity contribution in [2.75, 3.05) is 5.32 Å². The van der Waals surface area contributed by atoms with E-state index in [-0.39, 0.29) is 6.61 Å². The Hall–Kier alpha value is -1.65. The van der Waals surface area contributed by atoms with E-state index in [1.165, 1.54) is 0 Å². The highest BCUT2D eigenvalue weighted by Crippen LogP contribution is 2.12. The van der Waals surface area contributed by atoms with Crippen LogP contribution in [0.1, 0.15) is 17.0 Å². The van der Waals surface area contributed by atoms with E-state index in [1.54, 1.807) is 13.0 Å². The highest BCUT2D eigenvalue weighted by molar-refractivity contribution is 6.29. The number of aliphatic hydroxyl groups excluding tert-OH is 1. The lowest BCUT2D eigenvalue weighted by atomic mass is 10.1. The fourth-order valence-corrected chi connectivity index (χ4v) is 1.80. The standard InChI is InChI=1S/C13H14ClN3O/c1-9-16-12(14)6-13(17-9)15-7-10-2-4-11(8-18)5-3-10/h2-6,18H,7-8H2,1H3,(H,15,16,17). The minimum Gasteiger partial charge on any atom is -0.392 e. The zero-order valence-electron chi connectivity index (χ0n) is 10.0. The summed E-state index contributed by atoms with van der Waals surface area (Å²) in [6, 6.07) is 9.42. The molecule has 5 heteroatoms. The molecule has 2 aromatic rings. The number of hydrogen-bond donors (Lipinski definition) is 2. The first-order valence-corrected chi connectivity index (χ1v) is 5.99. The normalized spacial score (nSPS) is 10.4. The van der Waals surface area contributed by atoms with Crippen LogP contribution in [0.4, 0.5) is 5.82 Å². The molecule has 1 heterocycles. The number of halogens is 1. The average Bonchev–Trinajstić information content (AvgIpc) is 2.36. The van der Waals surface area contributed by atoms with Gasteiger partial charge in [-0.15, -0.1) is 0 Å². The molecule has 0 bridgehead atoms. The minimum absolute atomic E-state index is 0.0639. The van der Waals surface area contributed by atoms with Gasteiger partial charge in [0.15, 0.2) is 0 Å². The van der Waals surface area contributed by atoms with Gasteiger partial charge in [-0.25, -0.2) is 9.97 Å². The topological polar surface area (TPSA) is 58.0 Å².